The standard InChI is InChI=1S/C14H23NO/c1-4-10-14(3,11-16)15-12(2)13-8-6-5-7-9-13/h5-9,12,15-16H,4,10-11H2,1-3H3. The van der Waals surface area contributed by atoms with E-state index in [0.29, 0.717) is 0 Å². The topological polar surface area (TPSA) is 32.3 Å². The Bertz CT molecular complexity index is 299. The number of rotatable bonds is 6. The molecule has 0 radical (unpaired) electrons. The molecule has 2 N–H and O–H groups in total. The van der Waals surface area contributed by atoms with Crippen molar-refractivity contribution in [2.45, 2.75) is 45.2 Å². The molecule has 0 aliphatic carbocycles. The highest BCUT2D eigenvalue weighted by molar-refractivity contribution is 5.18. The lowest BCUT2D eigenvalue weighted by atomic mass is 9.95. The lowest BCUT2D eigenvalue weighted by Gasteiger charge is -2.32. The van der Waals surface area contributed by atoms with Gasteiger partial charge in [0.15, 0.2) is 0 Å². The van der Waals surface area contributed by atoms with Gasteiger partial charge in [0.1, 0.15) is 0 Å². The summed E-state index contributed by atoms with van der Waals surface area (Å²) in [6.45, 7) is 6.54. The number of aliphatic hydroxyl groups excluding tert-OH is 1. The van der Waals surface area contributed by atoms with Gasteiger partial charge in [0, 0.05) is 11.6 Å². The molecule has 1 aromatic carbocycles. The maximum absolute atomic E-state index is 9.45. The van der Waals surface area contributed by atoms with Gasteiger partial charge in [0.2, 0.25) is 0 Å². The van der Waals surface area contributed by atoms with Gasteiger partial charge < -0.3 is 10.4 Å². The Labute approximate surface area is 98.7 Å². The van der Waals surface area contributed by atoms with Crippen molar-refractivity contribution >= 4 is 0 Å². The molecule has 0 saturated heterocycles. The van der Waals surface area contributed by atoms with Crippen molar-refractivity contribution in [1.82, 2.24) is 5.32 Å². The van der Waals surface area contributed by atoms with Gasteiger partial charge in [-0.1, -0.05) is 43.7 Å². The van der Waals surface area contributed by atoms with Crippen LogP contribution >= 0.6 is 0 Å². The summed E-state index contributed by atoms with van der Waals surface area (Å²) in [5, 5.41) is 13.0. The first-order chi connectivity index (χ1) is 7.61. The molecule has 2 unspecified atom stereocenters. The lowest BCUT2D eigenvalue weighted by molar-refractivity contribution is 0.154. The molecule has 0 heterocycles. The second-order valence-electron chi connectivity index (χ2n) is 4.75. The molecule has 0 aromatic heterocycles. The molecule has 2 heteroatoms. The minimum Gasteiger partial charge on any atom is -0.394 e. The summed E-state index contributed by atoms with van der Waals surface area (Å²) >= 11 is 0. The predicted molar refractivity (Wildman–Crippen MR) is 68.4 cm³/mol. The fourth-order valence-electron chi connectivity index (χ4n) is 2.10. The first-order valence-corrected chi connectivity index (χ1v) is 6.05. The van der Waals surface area contributed by atoms with E-state index >= 15 is 0 Å². The van der Waals surface area contributed by atoms with Gasteiger partial charge in [0.25, 0.3) is 0 Å². The van der Waals surface area contributed by atoms with E-state index in [4.69, 9.17) is 0 Å². The fraction of sp³-hybridized carbons (Fsp3) is 0.571. The van der Waals surface area contributed by atoms with Gasteiger partial charge in [-0.05, 0) is 25.8 Å². The third-order valence-electron chi connectivity index (χ3n) is 3.02. The lowest BCUT2D eigenvalue weighted by Crippen LogP contribution is -2.46. The van der Waals surface area contributed by atoms with Crippen LogP contribution in [0, 0.1) is 0 Å². The molecule has 16 heavy (non-hydrogen) atoms. The summed E-state index contributed by atoms with van der Waals surface area (Å²) in [5.74, 6) is 0. The van der Waals surface area contributed by atoms with E-state index in [9.17, 15) is 5.11 Å². The minimum absolute atomic E-state index is 0.177. The van der Waals surface area contributed by atoms with E-state index in [1.807, 2.05) is 18.2 Å². The van der Waals surface area contributed by atoms with Crippen molar-refractivity contribution in [3.63, 3.8) is 0 Å². The molecule has 0 saturated carbocycles. The molecule has 0 amide bonds. The van der Waals surface area contributed by atoms with Crippen LogP contribution in [-0.2, 0) is 0 Å². The van der Waals surface area contributed by atoms with E-state index in [1.54, 1.807) is 0 Å². The number of benzene rings is 1. The minimum atomic E-state index is -0.177. The first kappa shape index (κ1) is 13.2. The quantitative estimate of drug-likeness (QED) is 0.774. The van der Waals surface area contributed by atoms with Crippen LogP contribution < -0.4 is 5.32 Å². The normalized spacial score (nSPS) is 16.8. The van der Waals surface area contributed by atoms with Crippen molar-refractivity contribution in [2.24, 2.45) is 0 Å². The van der Waals surface area contributed by atoms with E-state index in [-0.39, 0.29) is 18.2 Å². The van der Waals surface area contributed by atoms with Gasteiger partial charge in [-0.3, -0.25) is 0 Å². The molecule has 2 nitrogen and oxygen atoms in total. The molecule has 1 rings (SSSR count). The first-order valence-electron chi connectivity index (χ1n) is 6.05. The Morgan fingerprint density at radius 1 is 1.31 bits per heavy atom. The van der Waals surface area contributed by atoms with Crippen LogP contribution in [0.5, 0.6) is 0 Å². The average molecular weight is 221 g/mol. The third-order valence-corrected chi connectivity index (χ3v) is 3.02. The summed E-state index contributed by atoms with van der Waals surface area (Å²) in [6.07, 6.45) is 2.06. The molecule has 0 aliphatic heterocycles. The zero-order chi connectivity index (χ0) is 12.0. The van der Waals surface area contributed by atoms with Crippen LogP contribution in [0.1, 0.15) is 45.2 Å². The van der Waals surface area contributed by atoms with Crippen LogP contribution in [0.2, 0.25) is 0 Å². The summed E-state index contributed by atoms with van der Waals surface area (Å²) in [5.41, 5.74) is 1.09. The van der Waals surface area contributed by atoms with Crippen molar-refractivity contribution in [3.8, 4) is 0 Å². The van der Waals surface area contributed by atoms with Crippen molar-refractivity contribution in [2.75, 3.05) is 6.61 Å². The Morgan fingerprint density at radius 2 is 1.94 bits per heavy atom. The Hall–Kier alpha value is -0.860. The van der Waals surface area contributed by atoms with E-state index in [1.165, 1.54) is 5.56 Å². The molecule has 0 spiro atoms. The summed E-state index contributed by atoms with van der Waals surface area (Å²) in [7, 11) is 0. The average Bonchev–Trinajstić information content (AvgIpc) is 2.30. The zero-order valence-electron chi connectivity index (χ0n) is 10.5. The van der Waals surface area contributed by atoms with E-state index in [2.05, 4.69) is 38.2 Å². The van der Waals surface area contributed by atoms with Gasteiger partial charge in [0.05, 0.1) is 6.61 Å². The van der Waals surface area contributed by atoms with E-state index < -0.39 is 0 Å². The van der Waals surface area contributed by atoms with Crippen LogP contribution in [0.25, 0.3) is 0 Å². The second-order valence-corrected chi connectivity index (χ2v) is 4.75. The zero-order valence-corrected chi connectivity index (χ0v) is 10.5. The Balaban J connectivity index is 2.65. The maximum Gasteiger partial charge on any atom is 0.0610 e. The van der Waals surface area contributed by atoms with Gasteiger partial charge in [-0.25, -0.2) is 0 Å². The molecule has 1 aromatic rings. The second kappa shape index (κ2) is 6.02. The van der Waals surface area contributed by atoms with Gasteiger partial charge in [-0.2, -0.15) is 0 Å². The fourth-order valence-corrected chi connectivity index (χ4v) is 2.10. The van der Waals surface area contributed by atoms with Gasteiger partial charge in [-0.15, -0.1) is 0 Å². The number of aliphatic hydroxyl groups is 1. The molecule has 0 fully saturated rings. The van der Waals surface area contributed by atoms with Crippen molar-refractivity contribution in [1.29, 1.82) is 0 Å². The summed E-state index contributed by atoms with van der Waals surface area (Å²) < 4.78 is 0. The molecular formula is C14H23NO. The van der Waals surface area contributed by atoms with Gasteiger partial charge >= 0.3 is 0 Å². The van der Waals surface area contributed by atoms with Crippen molar-refractivity contribution < 1.29 is 5.11 Å². The predicted octanol–water partition coefficient (Wildman–Crippen LogP) is 2.89. The maximum atomic E-state index is 9.45. The van der Waals surface area contributed by atoms with Crippen molar-refractivity contribution in [3.05, 3.63) is 35.9 Å². The summed E-state index contributed by atoms with van der Waals surface area (Å²) in [4.78, 5) is 0. The molecule has 0 bridgehead atoms. The smallest absolute Gasteiger partial charge is 0.0610 e. The van der Waals surface area contributed by atoms with Crippen LogP contribution in [0.15, 0.2) is 30.3 Å². The largest absolute Gasteiger partial charge is 0.394 e. The Morgan fingerprint density at radius 3 is 2.44 bits per heavy atom. The molecule has 0 aliphatic rings. The summed E-state index contributed by atoms with van der Waals surface area (Å²) in [6, 6.07) is 10.6. The van der Waals surface area contributed by atoms with E-state index in [0.717, 1.165) is 12.8 Å². The highest BCUT2D eigenvalue weighted by Gasteiger charge is 2.24. The molecule has 2 atom stereocenters. The van der Waals surface area contributed by atoms with Crippen LogP contribution in [0.3, 0.4) is 0 Å². The SMILES string of the molecule is CCCC(C)(CO)NC(C)c1ccccc1. The third kappa shape index (κ3) is 3.62. The molecular weight excluding hydrogens is 198 g/mol. The van der Waals surface area contributed by atoms with Crippen LogP contribution in [0.4, 0.5) is 0 Å². The number of nitrogens with one attached hydrogen (secondary N) is 1. The highest BCUT2D eigenvalue weighted by Crippen LogP contribution is 2.19. The highest BCUT2D eigenvalue weighted by atomic mass is 16.3. The number of hydrogen-bond donors (Lipinski definition) is 2. The number of hydrogen-bond acceptors (Lipinski definition) is 2. The molecule has 90 valence electrons. The van der Waals surface area contributed by atoms with Crippen LogP contribution in [-0.4, -0.2) is 17.3 Å². The Kier molecular flexibility index (Phi) is 4.97. The monoisotopic (exact) mass is 221 g/mol.